The average Bonchev–Trinajstić information content (AvgIpc) is 2.54. The van der Waals surface area contributed by atoms with Crippen molar-refractivity contribution in [2.24, 2.45) is 0 Å². The molecule has 4 heteroatoms. The van der Waals surface area contributed by atoms with Crippen molar-refractivity contribution in [1.82, 2.24) is 0 Å². The predicted octanol–water partition coefficient (Wildman–Crippen LogP) is 2.00. The highest BCUT2D eigenvalue weighted by atomic mass is 28.2. The Morgan fingerprint density at radius 3 is 2.00 bits per heavy atom. The lowest BCUT2D eigenvalue weighted by molar-refractivity contribution is 0.262. The van der Waals surface area contributed by atoms with Gasteiger partial charge in [0.05, 0.1) is 29.3 Å². The van der Waals surface area contributed by atoms with Crippen molar-refractivity contribution in [3.8, 4) is 17.2 Å². The minimum atomic E-state index is -0.612. The van der Waals surface area contributed by atoms with Crippen molar-refractivity contribution in [3.63, 3.8) is 0 Å². The highest BCUT2D eigenvalue weighted by Crippen LogP contribution is 2.36. The fourth-order valence-electron chi connectivity index (χ4n) is 2.39. The third kappa shape index (κ3) is 4.04. The van der Waals surface area contributed by atoms with Crippen LogP contribution in [0, 0.1) is 0 Å². The smallest absolute Gasteiger partial charge is 0.203 e. The van der Waals surface area contributed by atoms with E-state index in [1.54, 1.807) is 0 Å². The van der Waals surface area contributed by atoms with E-state index in [0.717, 1.165) is 17.2 Å². The second kappa shape index (κ2) is 8.49. The highest BCUT2D eigenvalue weighted by molar-refractivity contribution is 6.68. The Balaban J connectivity index is 2.41. The van der Waals surface area contributed by atoms with Crippen LogP contribution in [0.5, 0.6) is 17.2 Å². The molecule has 0 fully saturated rings. The molecule has 118 valence electrons. The Morgan fingerprint density at radius 1 is 0.727 bits per heavy atom. The summed E-state index contributed by atoms with van der Waals surface area (Å²) in [5.41, 5.74) is 0. The van der Waals surface area contributed by atoms with Gasteiger partial charge in [-0.25, -0.2) is 0 Å². The molecule has 2 aromatic rings. The van der Waals surface area contributed by atoms with Gasteiger partial charge in [-0.05, 0) is 32.0 Å². The second-order valence-electron chi connectivity index (χ2n) is 4.84. The zero-order valence-corrected chi connectivity index (χ0v) is 15.0. The molecule has 3 nitrogen and oxygen atoms in total. The summed E-state index contributed by atoms with van der Waals surface area (Å²) in [4.78, 5) is 0. The first kappa shape index (κ1) is 16.4. The van der Waals surface area contributed by atoms with Crippen LogP contribution in [0.1, 0.15) is 20.8 Å². The third-order valence-electron chi connectivity index (χ3n) is 3.27. The fraction of sp³-hybridized carbons (Fsp3) is 0.333. The Hall–Kier alpha value is -1.94. The molecule has 0 saturated heterocycles. The Labute approximate surface area is 135 Å². The van der Waals surface area contributed by atoms with Crippen LogP contribution in [0.4, 0.5) is 0 Å². The lowest BCUT2D eigenvalue weighted by Gasteiger charge is -2.18. The first-order valence-corrected chi connectivity index (χ1v) is 9.29. The minimum absolute atomic E-state index is 0.594. The summed E-state index contributed by atoms with van der Waals surface area (Å²) in [5, 5.41) is 2.63. The van der Waals surface area contributed by atoms with Gasteiger partial charge in [0.2, 0.25) is 5.75 Å². The van der Waals surface area contributed by atoms with E-state index in [9.17, 15) is 0 Å². The number of benzene rings is 2. The van der Waals surface area contributed by atoms with Crippen LogP contribution in [-0.2, 0) is 0 Å². The van der Waals surface area contributed by atoms with Crippen molar-refractivity contribution in [3.05, 3.63) is 42.5 Å². The van der Waals surface area contributed by atoms with Gasteiger partial charge in [-0.1, -0.05) is 41.6 Å². The fourth-order valence-corrected chi connectivity index (χ4v) is 4.00. The van der Waals surface area contributed by atoms with E-state index in [4.69, 9.17) is 14.2 Å². The molecule has 2 rings (SSSR count). The predicted molar refractivity (Wildman–Crippen MR) is 94.2 cm³/mol. The van der Waals surface area contributed by atoms with Crippen molar-refractivity contribution in [2.45, 2.75) is 20.8 Å². The Bertz CT molecular complexity index is 584. The van der Waals surface area contributed by atoms with E-state index >= 15 is 0 Å². The molecule has 0 radical (unpaired) electrons. The first-order valence-electron chi connectivity index (χ1n) is 7.88. The van der Waals surface area contributed by atoms with Crippen LogP contribution in [0.25, 0.3) is 0 Å². The van der Waals surface area contributed by atoms with Gasteiger partial charge < -0.3 is 14.2 Å². The number of rotatable bonds is 8. The van der Waals surface area contributed by atoms with E-state index in [1.165, 1.54) is 10.4 Å². The molecule has 0 aliphatic rings. The summed E-state index contributed by atoms with van der Waals surface area (Å²) in [6.45, 7) is 7.77. The molecular formula is C18H24O3Si. The average molecular weight is 316 g/mol. The van der Waals surface area contributed by atoms with Gasteiger partial charge in [0.15, 0.2) is 11.5 Å². The molecule has 0 aliphatic heterocycles. The molecule has 22 heavy (non-hydrogen) atoms. The molecule has 0 saturated carbocycles. The van der Waals surface area contributed by atoms with Crippen LogP contribution < -0.4 is 24.6 Å². The molecule has 0 atom stereocenters. The summed E-state index contributed by atoms with van der Waals surface area (Å²) in [7, 11) is -0.612. The zero-order valence-electron chi connectivity index (χ0n) is 13.6. The minimum Gasteiger partial charge on any atom is -0.490 e. The lowest BCUT2D eigenvalue weighted by Crippen LogP contribution is -2.29. The molecule has 0 spiro atoms. The summed E-state index contributed by atoms with van der Waals surface area (Å²) in [6.07, 6.45) is 0. The molecule has 2 aromatic carbocycles. The van der Waals surface area contributed by atoms with Gasteiger partial charge in [0.1, 0.15) is 0 Å². The van der Waals surface area contributed by atoms with Crippen LogP contribution >= 0.6 is 0 Å². The third-order valence-corrected chi connectivity index (χ3v) is 5.09. The van der Waals surface area contributed by atoms with Gasteiger partial charge in [-0.15, -0.1) is 0 Å². The van der Waals surface area contributed by atoms with Gasteiger partial charge in [0.25, 0.3) is 0 Å². The maximum atomic E-state index is 5.91. The summed E-state index contributed by atoms with van der Waals surface area (Å²) in [6, 6.07) is 14.7. The quantitative estimate of drug-likeness (QED) is 0.697. The Kier molecular flexibility index (Phi) is 6.34. The van der Waals surface area contributed by atoms with Crippen LogP contribution in [0.15, 0.2) is 42.5 Å². The van der Waals surface area contributed by atoms with E-state index in [1.807, 2.05) is 32.9 Å². The topological polar surface area (TPSA) is 27.7 Å². The summed E-state index contributed by atoms with van der Waals surface area (Å²) in [5.74, 6) is 2.36. The molecule has 0 bridgehead atoms. The van der Waals surface area contributed by atoms with Gasteiger partial charge in [0, 0.05) is 0 Å². The standard InChI is InChI=1S/C18H24O3Si/c1-4-19-15-12-13-16(22-14-10-8-7-9-11-14)18(21-6-3)17(15)20-5-2/h7-13H,4-6,22H2,1-3H3. The largest absolute Gasteiger partial charge is 0.490 e. The van der Waals surface area contributed by atoms with Crippen molar-refractivity contribution >= 4 is 19.9 Å². The van der Waals surface area contributed by atoms with Crippen LogP contribution in [0.2, 0.25) is 0 Å². The van der Waals surface area contributed by atoms with Crippen LogP contribution in [0.3, 0.4) is 0 Å². The molecule has 0 unspecified atom stereocenters. The Morgan fingerprint density at radius 2 is 1.36 bits per heavy atom. The monoisotopic (exact) mass is 316 g/mol. The maximum absolute atomic E-state index is 5.91. The molecule has 0 aliphatic carbocycles. The molecule has 0 aromatic heterocycles. The molecule has 0 N–H and O–H groups in total. The number of hydrogen-bond donors (Lipinski definition) is 0. The van der Waals surface area contributed by atoms with Crippen molar-refractivity contribution < 1.29 is 14.2 Å². The van der Waals surface area contributed by atoms with E-state index in [-0.39, 0.29) is 0 Å². The van der Waals surface area contributed by atoms with Gasteiger partial charge in [-0.3, -0.25) is 0 Å². The van der Waals surface area contributed by atoms with E-state index < -0.39 is 9.52 Å². The second-order valence-corrected chi connectivity index (χ2v) is 6.77. The lowest BCUT2D eigenvalue weighted by atomic mass is 10.3. The summed E-state index contributed by atoms with van der Waals surface area (Å²) >= 11 is 0. The zero-order chi connectivity index (χ0) is 15.8. The SMILES string of the molecule is CCOc1ccc([SiH2]c2ccccc2)c(OCC)c1OCC. The molecular weight excluding hydrogens is 292 g/mol. The highest BCUT2D eigenvalue weighted by Gasteiger charge is 2.17. The van der Waals surface area contributed by atoms with E-state index in [2.05, 4.69) is 30.3 Å². The van der Waals surface area contributed by atoms with Crippen LogP contribution in [-0.4, -0.2) is 29.3 Å². The van der Waals surface area contributed by atoms with Gasteiger partial charge in [-0.2, -0.15) is 0 Å². The normalized spacial score (nSPS) is 10.9. The molecule has 0 amide bonds. The van der Waals surface area contributed by atoms with Gasteiger partial charge >= 0.3 is 0 Å². The first-order chi connectivity index (χ1) is 10.8. The maximum Gasteiger partial charge on any atom is 0.203 e. The molecule has 0 heterocycles. The van der Waals surface area contributed by atoms with E-state index in [0.29, 0.717) is 19.8 Å². The van der Waals surface area contributed by atoms with Crippen molar-refractivity contribution in [2.75, 3.05) is 19.8 Å². The number of ether oxygens (including phenoxy) is 3. The van der Waals surface area contributed by atoms with Crippen molar-refractivity contribution in [1.29, 1.82) is 0 Å². The number of hydrogen-bond acceptors (Lipinski definition) is 3. The summed E-state index contributed by atoms with van der Waals surface area (Å²) < 4.78 is 17.4.